The largest absolute Gasteiger partial charge is 0.344 e. The zero-order valence-electron chi connectivity index (χ0n) is 9.91. The van der Waals surface area contributed by atoms with Crippen molar-refractivity contribution < 1.29 is 4.79 Å². The summed E-state index contributed by atoms with van der Waals surface area (Å²) < 4.78 is 1.15. The van der Waals surface area contributed by atoms with Gasteiger partial charge in [-0.25, -0.2) is 0 Å². The third-order valence-electron chi connectivity index (χ3n) is 3.06. The third-order valence-corrected chi connectivity index (χ3v) is 4.74. The molecule has 1 N–H and O–H groups in total. The number of thiophene rings is 1. The molecule has 0 aromatic carbocycles. The van der Waals surface area contributed by atoms with Crippen molar-refractivity contribution in [3.63, 3.8) is 0 Å². The van der Waals surface area contributed by atoms with Gasteiger partial charge in [0.05, 0.1) is 9.83 Å². The number of carbonyl (C=O) groups excluding carboxylic acids is 1. The number of nitrogens with zero attached hydrogens (tertiary/aromatic N) is 1. The molecule has 1 aromatic heterocycles. The summed E-state index contributed by atoms with van der Waals surface area (Å²) in [5, 5.41) is 3.24. The first-order valence-corrected chi connectivity index (χ1v) is 7.50. The monoisotopic (exact) mass is 316 g/mol. The minimum atomic E-state index is 0.0510. The molecule has 0 radical (unpaired) electrons. The first-order chi connectivity index (χ1) is 8.16. The maximum Gasteiger partial charge on any atom is 0.239 e. The van der Waals surface area contributed by atoms with Gasteiger partial charge in [0.15, 0.2) is 0 Å². The van der Waals surface area contributed by atoms with Gasteiger partial charge in [-0.1, -0.05) is 0 Å². The summed E-state index contributed by atoms with van der Waals surface area (Å²) in [6.07, 6.45) is 3.03. The third kappa shape index (κ3) is 3.53. The lowest BCUT2D eigenvalue weighted by molar-refractivity contribution is -0.131. The van der Waals surface area contributed by atoms with Crippen molar-refractivity contribution >= 4 is 33.2 Å². The van der Waals surface area contributed by atoms with E-state index in [4.69, 9.17) is 0 Å². The zero-order valence-corrected chi connectivity index (χ0v) is 12.3. The second kappa shape index (κ2) is 5.98. The number of hydrogen-bond acceptors (Lipinski definition) is 3. The minimum Gasteiger partial charge on any atom is -0.344 e. The van der Waals surface area contributed by atoms with Crippen LogP contribution in [0.2, 0.25) is 0 Å². The van der Waals surface area contributed by atoms with E-state index in [1.807, 2.05) is 11.9 Å². The fourth-order valence-corrected chi connectivity index (χ4v) is 3.51. The SMILES string of the molecule is CN(CCc1ccc(Br)s1)C(=O)C1CCCN1. The van der Waals surface area contributed by atoms with Crippen LogP contribution in [-0.2, 0) is 11.2 Å². The maximum absolute atomic E-state index is 12.0. The molecule has 0 spiro atoms. The minimum absolute atomic E-state index is 0.0510. The summed E-state index contributed by atoms with van der Waals surface area (Å²) in [4.78, 5) is 15.2. The first-order valence-electron chi connectivity index (χ1n) is 5.89. The number of nitrogens with one attached hydrogen (secondary N) is 1. The molecule has 1 aromatic rings. The quantitative estimate of drug-likeness (QED) is 0.924. The summed E-state index contributed by atoms with van der Waals surface area (Å²) in [5.41, 5.74) is 0. The van der Waals surface area contributed by atoms with Crippen molar-refractivity contribution in [1.29, 1.82) is 0 Å². The van der Waals surface area contributed by atoms with Crippen molar-refractivity contribution in [2.75, 3.05) is 20.1 Å². The fourth-order valence-electron chi connectivity index (χ4n) is 2.04. The lowest BCUT2D eigenvalue weighted by Gasteiger charge is -2.20. The second-order valence-corrected chi connectivity index (χ2v) is 6.91. The van der Waals surface area contributed by atoms with Gasteiger partial charge in [0, 0.05) is 18.5 Å². The van der Waals surface area contributed by atoms with E-state index in [0.717, 1.165) is 36.1 Å². The van der Waals surface area contributed by atoms with Gasteiger partial charge in [-0.2, -0.15) is 0 Å². The molecular formula is C12H17BrN2OS. The van der Waals surface area contributed by atoms with E-state index >= 15 is 0 Å². The van der Waals surface area contributed by atoms with E-state index < -0.39 is 0 Å². The van der Waals surface area contributed by atoms with Gasteiger partial charge in [-0.3, -0.25) is 4.79 Å². The number of hydrogen-bond donors (Lipinski definition) is 1. The van der Waals surface area contributed by atoms with Crippen LogP contribution in [0, 0.1) is 0 Å². The number of halogens is 1. The Morgan fingerprint density at radius 3 is 3.06 bits per heavy atom. The first kappa shape index (κ1) is 13.1. The molecule has 5 heteroatoms. The van der Waals surface area contributed by atoms with Crippen molar-refractivity contribution in [2.24, 2.45) is 0 Å². The molecule has 0 bridgehead atoms. The Hall–Kier alpha value is -0.390. The van der Waals surface area contributed by atoms with Crippen LogP contribution in [0.5, 0.6) is 0 Å². The summed E-state index contributed by atoms with van der Waals surface area (Å²) in [5.74, 6) is 0.234. The van der Waals surface area contributed by atoms with Crippen molar-refractivity contribution in [3.05, 3.63) is 20.8 Å². The molecule has 1 aliphatic rings. The van der Waals surface area contributed by atoms with E-state index in [1.54, 1.807) is 11.3 Å². The average molecular weight is 317 g/mol. The van der Waals surface area contributed by atoms with Gasteiger partial charge < -0.3 is 10.2 Å². The van der Waals surface area contributed by atoms with Crippen molar-refractivity contribution in [3.8, 4) is 0 Å². The Balaban J connectivity index is 1.80. The van der Waals surface area contributed by atoms with Gasteiger partial charge >= 0.3 is 0 Å². The van der Waals surface area contributed by atoms with Crippen molar-refractivity contribution in [1.82, 2.24) is 10.2 Å². The van der Waals surface area contributed by atoms with Crippen LogP contribution in [0.15, 0.2) is 15.9 Å². The van der Waals surface area contributed by atoms with Crippen molar-refractivity contribution in [2.45, 2.75) is 25.3 Å². The molecule has 1 atom stereocenters. The Bertz CT molecular complexity index is 388. The lowest BCUT2D eigenvalue weighted by atomic mass is 10.2. The normalized spacial score (nSPS) is 19.5. The number of rotatable bonds is 4. The molecule has 1 unspecified atom stereocenters. The molecule has 3 nitrogen and oxygen atoms in total. The Labute approximate surface area is 114 Å². The van der Waals surface area contributed by atoms with Gasteiger partial charge in [0.1, 0.15) is 0 Å². The molecular weight excluding hydrogens is 300 g/mol. The highest BCUT2D eigenvalue weighted by atomic mass is 79.9. The Kier molecular flexibility index (Phi) is 4.59. The smallest absolute Gasteiger partial charge is 0.239 e. The predicted octanol–water partition coefficient (Wildman–Crippen LogP) is 2.26. The molecule has 0 aliphatic carbocycles. The van der Waals surface area contributed by atoms with E-state index in [0.29, 0.717) is 0 Å². The summed E-state index contributed by atoms with van der Waals surface area (Å²) >= 11 is 5.19. The standard InChI is InChI=1S/C12H17BrN2OS/c1-15(12(16)10-3-2-7-14-10)8-6-9-4-5-11(13)17-9/h4-5,10,14H,2-3,6-8H2,1H3. The van der Waals surface area contributed by atoms with Crippen LogP contribution in [-0.4, -0.2) is 37.0 Å². The van der Waals surface area contributed by atoms with Gasteiger partial charge in [0.25, 0.3) is 0 Å². The summed E-state index contributed by atoms with van der Waals surface area (Å²) in [6.45, 7) is 1.77. The number of amides is 1. The zero-order chi connectivity index (χ0) is 12.3. The highest BCUT2D eigenvalue weighted by molar-refractivity contribution is 9.11. The van der Waals surface area contributed by atoms with Gasteiger partial charge in [0.2, 0.25) is 5.91 Å². The Morgan fingerprint density at radius 2 is 2.47 bits per heavy atom. The highest BCUT2D eigenvalue weighted by Gasteiger charge is 2.24. The molecule has 2 heterocycles. The summed E-state index contributed by atoms with van der Waals surface area (Å²) in [6, 6.07) is 4.22. The van der Waals surface area contributed by atoms with E-state index in [9.17, 15) is 4.79 Å². The lowest BCUT2D eigenvalue weighted by Crippen LogP contribution is -2.42. The molecule has 1 saturated heterocycles. The molecule has 2 rings (SSSR count). The predicted molar refractivity (Wildman–Crippen MR) is 74.4 cm³/mol. The fraction of sp³-hybridized carbons (Fsp3) is 0.583. The van der Waals surface area contributed by atoms with E-state index in [2.05, 4.69) is 33.4 Å². The van der Waals surface area contributed by atoms with Gasteiger partial charge in [-0.15, -0.1) is 11.3 Å². The molecule has 1 amide bonds. The van der Waals surface area contributed by atoms with Crippen LogP contribution in [0.1, 0.15) is 17.7 Å². The van der Waals surface area contributed by atoms with E-state index in [1.165, 1.54) is 4.88 Å². The van der Waals surface area contributed by atoms with Crippen LogP contribution in [0.4, 0.5) is 0 Å². The number of carbonyl (C=O) groups is 1. The highest BCUT2D eigenvalue weighted by Crippen LogP contribution is 2.22. The molecule has 1 aliphatic heterocycles. The van der Waals surface area contributed by atoms with Crippen LogP contribution in [0.3, 0.4) is 0 Å². The molecule has 94 valence electrons. The van der Waals surface area contributed by atoms with Crippen LogP contribution < -0.4 is 5.32 Å². The topological polar surface area (TPSA) is 32.3 Å². The number of likely N-dealkylation sites (N-methyl/N-ethyl adjacent to an activating group) is 1. The molecule has 0 saturated carbocycles. The van der Waals surface area contributed by atoms with Crippen LogP contribution >= 0.6 is 27.3 Å². The Morgan fingerprint density at radius 1 is 1.65 bits per heavy atom. The maximum atomic E-state index is 12.0. The average Bonchev–Trinajstić information content (AvgIpc) is 2.95. The molecule has 1 fully saturated rings. The van der Waals surface area contributed by atoms with E-state index in [-0.39, 0.29) is 11.9 Å². The van der Waals surface area contributed by atoms with Crippen LogP contribution in [0.25, 0.3) is 0 Å². The molecule has 17 heavy (non-hydrogen) atoms. The van der Waals surface area contributed by atoms with Gasteiger partial charge in [-0.05, 0) is 53.9 Å². The summed E-state index contributed by atoms with van der Waals surface area (Å²) in [7, 11) is 1.89. The second-order valence-electron chi connectivity index (χ2n) is 4.36.